The molecule has 20 heavy (non-hydrogen) atoms. The fourth-order valence-electron chi connectivity index (χ4n) is 3.76. The van der Waals surface area contributed by atoms with Crippen molar-refractivity contribution in [1.29, 1.82) is 0 Å². The molecule has 0 fully saturated rings. The number of aryl methyl sites for hydroxylation is 1. The lowest BCUT2D eigenvalue weighted by Crippen LogP contribution is -2.42. The Morgan fingerprint density at radius 2 is 1.90 bits per heavy atom. The van der Waals surface area contributed by atoms with E-state index in [4.69, 9.17) is 4.74 Å². The summed E-state index contributed by atoms with van der Waals surface area (Å²) in [6.45, 7) is 9.37. The van der Waals surface area contributed by atoms with Gasteiger partial charge in [-0.1, -0.05) is 32.9 Å². The summed E-state index contributed by atoms with van der Waals surface area (Å²) >= 11 is 0. The molecular weight excluding hydrogens is 246 g/mol. The summed E-state index contributed by atoms with van der Waals surface area (Å²) in [5, 5.41) is 0. The third kappa shape index (κ3) is 3.01. The number of hydrogen-bond acceptors (Lipinski definition) is 2. The molecule has 0 saturated heterocycles. The summed E-state index contributed by atoms with van der Waals surface area (Å²) in [5.41, 5.74) is 2.93. The van der Waals surface area contributed by atoms with Gasteiger partial charge in [0.2, 0.25) is 0 Å². The second-order valence-electron chi connectivity index (χ2n) is 5.96. The zero-order valence-electron chi connectivity index (χ0n) is 13.5. The van der Waals surface area contributed by atoms with Gasteiger partial charge in [0, 0.05) is 17.5 Å². The Labute approximate surface area is 124 Å². The summed E-state index contributed by atoms with van der Waals surface area (Å²) < 4.78 is 5.61. The number of methoxy groups -OCH3 is 1. The van der Waals surface area contributed by atoms with Crippen molar-refractivity contribution in [3.05, 3.63) is 29.3 Å². The standard InChI is InChI=1S/C18H29NO/c1-5-12-19(13-6-2)16-11-10-15-8-7-9-17(20-4)18(15)14(16)3/h7-9,14,16H,5-6,10-13H2,1-4H3/t14-,16+/m0/s1. The molecule has 0 saturated carbocycles. The van der Waals surface area contributed by atoms with Gasteiger partial charge in [0.25, 0.3) is 0 Å². The smallest absolute Gasteiger partial charge is 0.122 e. The SMILES string of the molecule is CCCN(CCC)[C@@H]1CCc2cccc(OC)c2[C@H]1C. The van der Waals surface area contributed by atoms with Gasteiger partial charge in [0.15, 0.2) is 0 Å². The highest BCUT2D eigenvalue weighted by molar-refractivity contribution is 5.45. The molecule has 0 amide bonds. The lowest BCUT2D eigenvalue weighted by molar-refractivity contribution is 0.157. The van der Waals surface area contributed by atoms with Crippen molar-refractivity contribution in [2.75, 3.05) is 20.2 Å². The number of hydrogen-bond donors (Lipinski definition) is 0. The average Bonchev–Trinajstić information content (AvgIpc) is 2.47. The summed E-state index contributed by atoms with van der Waals surface area (Å²) in [6.07, 6.45) is 4.94. The minimum atomic E-state index is 0.563. The Balaban J connectivity index is 2.27. The van der Waals surface area contributed by atoms with Crippen LogP contribution in [0.4, 0.5) is 0 Å². The van der Waals surface area contributed by atoms with Crippen LogP contribution in [0.3, 0.4) is 0 Å². The Kier molecular flexibility index (Phi) is 5.47. The Bertz CT molecular complexity index is 409. The molecule has 1 aliphatic rings. The number of benzene rings is 1. The van der Waals surface area contributed by atoms with Gasteiger partial charge in [-0.25, -0.2) is 0 Å². The molecule has 2 heteroatoms. The Morgan fingerprint density at radius 3 is 2.50 bits per heavy atom. The molecule has 0 bridgehead atoms. The first-order valence-electron chi connectivity index (χ1n) is 8.12. The third-order valence-corrected chi connectivity index (χ3v) is 4.61. The number of fused-ring (bicyclic) bond motifs is 1. The summed E-state index contributed by atoms with van der Waals surface area (Å²) in [4.78, 5) is 2.69. The Hall–Kier alpha value is -1.02. The van der Waals surface area contributed by atoms with Gasteiger partial charge in [-0.3, -0.25) is 4.90 Å². The number of nitrogens with zero attached hydrogens (tertiary/aromatic N) is 1. The van der Waals surface area contributed by atoms with E-state index in [1.807, 2.05) is 0 Å². The van der Waals surface area contributed by atoms with Crippen molar-refractivity contribution < 1.29 is 4.74 Å². The molecule has 1 aromatic carbocycles. The van der Waals surface area contributed by atoms with Crippen molar-refractivity contribution in [2.45, 2.75) is 58.4 Å². The minimum Gasteiger partial charge on any atom is -0.496 e. The maximum absolute atomic E-state index is 5.61. The van der Waals surface area contributed by atoms with Crippen molar-refractivity contribution in [1.82, 2.24) is 4.90 Å². The molecule has 112 valence electrons. The Morgan fingerprint density at radius 1 is 1.20 bits per heavy atom. The maximum atomic E-state index is 5.61. The molecule has 1 aromatic rings. The normalized spacial score (nSPS) is 21.9. The first kappa shape index (κ1) is 15.4. The summed E-state index contributed by atoms with van der Waals surface area (Å²) in [6, 6.07) is 7.18. The predicted octanol–water partition coefficient (Wildman–Crippen LogP) is 4.24. The molecular formula is C18H29NO. The van der Waals surface area contributed by atoms with E-state index in [9.17, 15) is 0 Å². The molecule has 0 aromatic heterocycles. The molecule has 0 aliphatic heterocycles. The van der Waals surface area contributed by atoms with Crippen LogP contribution in [0.1, 0.15) is 57.1 Å². The number of rotatable bonds is 6. The van der Waals surface area contributed by atoms with Crippen LogP contribution < -0.4 is 4.74 Å². The van der Waals surface area contributed by atoms with Crippen LogP contribution in [-0.2, 0) is 6.42 Å². The molecule has 0 spiro atoms. The molecule has 0 heterocycles. The van der Waals surface area contributed by atoms with Gasteiger partial charge < -0.3 is 4.74 Å². The van der Waals surface area contributed by atoms with E-state index in [0.717, 1.165) is 5.75 Å². The first-order chi connectivity index (χ1) is 9.72. The van der Waals surface area contributed by atoms with Gasteiger partial charge >= 0.3 is 0 Å². The summed E-state index contributed by atoms with van der Waals surface area (Å²) in [7, 11) is 1.79. The highest BCUT2D eigenvalue weighted by Crippen LogP contribution is 2.39. The average molecular weight is 275 g/mol. The molecule has 2 atom stereocenters. The zero-order chi connectivity index (χ0) is 14.5. The lowest BCUT2D eigenvalue weighted by Gasteiger charge is -2.40. The van der Waals surface area contributed by atoms with Crippen LogP contribution >= 0.6 is 0 Å². The molecule has 0 unspecified atom stereocenters. The van der Waals surface area contributed by atoms with Crippen LogP contribution in [0.15, 0.2) is 18.2 Å². The van der Waals surface area contributed by atoms with Gasteiger partial charge in [-0.2, -0.15) is 0 Å². The van der Waals surface area contributed by atoms with E-state index in [2.05, 4.69) is 43.9 Å². The van der Waals surface area contributed by atoms with Crippen LogP contribution in [-0.4, -0.2) is 31.1 Å². The van der Waals surface area contributed by atoms with Crippen LogP contribution in [0, 0.1) is 0 Å². The second kappa shape index (κ2) is 7.12. The monoisotopic (exact) mass is 275 g/mol. The largest absolute Gasteiger partial charge is 0.496 e. The predicted molar refractivity (Wildman–Crippen MR) is 85.7 cm³/mol. The third-order valence-electron chi connectivity index (χ3n) is 4.61. The van der Waals surface area contributed by atoms with Crippen molar-refractivity contribution in [3.8, 4) is 5.75 Å². The minimum absolute atomic E-state index is 0.563. The van der Waals surface area contributed by atoms with Crippen LogP contribution in [0.25, 0.3) is 0 Å². The fourth-order valence-corrected chi connectivity index (χ4v) is 3.76. The van der Waals surface area contributed by atoms with E-state index in [-0.39, 0.29) is 0 Å². The zero-order valence-corrected chi connectivity index (χ0v) is 13.5. The molecule has 1 aliphatic carbocycles. The fraction of sp³-hybridized carbons (Fsp3) is 0.667. The van der Waals surface area contributed by atoms with Crippen LogP contribution in [0.2, 0.25) is 0 Å². The van der Waals surface area contributed by atoms with Crippen LogP contribution in [0.5, 0.6) is 5.75 Å². The second-order valence-corrected chi connectivity index (χ2v) is 5.96. The van der Waals surface area contributed by atoms with Crippen molar-refractivity contribution in [3.63, 3.8) is 0 Å². The van der Waals surface area contributed by atoms with E-state index in [0.29, 0.717) is 12.0 Å². The van der Waals surface area contributed by atoms with Gasteiger partial charge in [-0.15, -0.1) is 0 Å². The topological polar surface area (TPSA) is 12.5 Å². The summed E-state index contributed by atoms with van der Waals surface area (Å²) in [5.74, 6) is 1.64. The lowest BCUT2D eigenvalue weighted by atomic mass is 9.79. The van der Waals surface area contributed by atoms with Crippen molar-refractivity contribution >= 4 is 0 Å². The van der Waals surface area contributed by atoms with E-state index in [1.165, 1.54) is 49.9 Å². The quantitative estimate of drug-likeness (QED) is 0.770. The highest BCUT2D eigenvalue weighted by atomic mass is 16.5. The van der Waals surface area contributed by atoms with Gasteiger partial charge in [0.1, 0.15) is 5.75 Å². The molecule has 0 N–H and O–H groups in total. The van der Waals surface area contributed by atoms with E-state index < -0.39 is 0 Å². The van der Waals surface area contributed by atoms with E-state index >= 15 is 0 Å². The van der Waals surface area contributed by atoms with E-state index in [1.54, 1.807) is 7.11 Å². The van der Waals surface area contributed by atoms with Gasteiger partial charge in [-0.05, 0) is 50.4 Å². The molecule has 2 nitrogen and oxygen atoms in total. The van der Waals surface area contributed by atoms with Gasteiger partial charge in [0.05, 0.1) is 7.11 Å². The molecule has 2 rings (SSSR count). The molecule has 0 radical (unpaired) electrons. The first-order valence-corrected chi connectivity index (χ1v) is 8.12. The van der Waals surface area contributed by atoms with Crippen molar-refractivity contribution in [2.24, 2.45) is 0 Å². The maximum Gasteiger partial charge on any atom is 0.122 e. The highest BCUT2D eigenvalue weighted by Gasteiger charge is 2.31. The number of ether oxygens (including phenoxy) is 1.